The predicted octanol–water partition coefficient (Wildman–Crippen LogP) is 3.69. The molecule has 3 N–H and O–H groups in total. The highest BCUT2D eigenvalue weighted by Gasteiger charge is 2.23. The first-order chi connectivity index (χ1) is 13.9. The van der Waals surface area contributed by atoms with Gasteiger partial charge in [-0.25, -0.2) is 15.4 Å². The number of aromatic nitrogens is 3. The van der Waals surface area contributed by atoms with Gasteiger partial charge in [-0.1, -0.05) is 84.9 Å². The highest BCUT2D eigenvalue weighted by atomic mass is 15.5. The summed E-state index contributed by atoms with van der Waals surface area (Å²) in [6.45, 7) is 0. The van der Waals surface area contributed by atoms with E-state index in [4.69, 9.17) is 9.98 Å². The topological polar surface area (TPSA) is 78.0 Å². The summed E-state index contributed by atoms with van der Waals surface area (Å²) in [4.78, 5) is 9.51. The molecule has 6 nitrogen and oxygen atoms in total. The van der Waals surface area contributed by atoms with Crippen LogP contribution in [-0.4, -0.2) is 21.0 Å². The quantitative estimate of drug-likeness (QED) is 0.515. The van der Waals surface area contributed by atoms with Crippen LogP contribution in [-0.2, 0) is 0 Å². The Kier molecular flexibility index (Phi) is 4.16. The summed E-state index contributed by atoms with van der Waals surface area (Å²) in [5.41, 5.74) is 10.5. The van der Waals surface area contributed by atoms with E-state index in [1.165, 1.54) is 0 Å². The molecule has 4 aromatic rings. The summed E-state index contributed by atoms with van der Waals surface area (Å²) in [7, 11) is 0. The van der Waals surface area contributed by atoms with Gasteiger partial charge in [0.25, 0.3) is 0 Å². The zero-order valence-electron chi connectivity index (χ0n) is 15.0. The molecule has 1 aliphatic heterocycles. The average molecular weight is 366 g/mol. The fraction of sp³-hybridized carbons (Fsp3) is 0.0455. The van der Waals surface area contributed by atoms with Crippen molar-refractivity contribution in [2.75, 3.05) is 0 Å². The first-order valence-electron chi connectivity index (χ1n) is 9.10. The van der Waals surface area contributed by atoms with E-state index in [2.05, 4.69) is 27.1 Å². The van der Waals surface area contributed by atoms with E-state index in [1.54, 1.807) is 0 Å². The number of benzene rings is 3. The first kappa shape index (κ1) is 16.4. The molecule has 3 aromatic carbocycles. The first-order valence-corrected chi connectivity index (χ1v) is 9.10. The van der Waals surface area contributed by atoms with Crippen LogP contribution in [0.4, 0.5) is 0 Å². The van der Waals surface area contributed by atoms with Gasteiger partial charge in [-0.05, 0) is 0 Å². The molecule has 0 bridgehead atoms. The Bertz CT molecular complexity index is 1120. The molecule has 0 radical (unpaired) electrons. The number of rotatable bonds is 4. The van der Waals surface area contributed by atoms with Gasteiger partial charge in [0, 0.05) is 22.3 Å². The van der Waals surface area contributed by atoms with Gasteiger partial charge in [-0.15, -0.1) is 0 Å². The molecule has 0 aliphatic carbocycles. The Morgan fingerprint density at radius 1 is 0.714 bits per heavy atom. The van der Waals surface area contributed by atoms with E-state index in [0.29, 0.717) is 5.82 Å². The van der Waals surface area contributed by atoms with Crippen molar-refractivity contribution in [3.8, 4) is 22.8 Å². The van der Waals surface area contributed by atoms with E-state index in [-0.39, 0.29) is 6.17 Å². The van der Waals surface area contributed by atoms with Crippen molar-refractivity contribution in [3.63, 3.8) is 0 Å². The number of hydrazine groups is 1. The largest absolute Gasteiger partial charge is 0.303 e. The zero-order chi connectivity index (χ0) is 18.8. The van der Waals surface area contributed by atoms with Crippen LogP contribution >= 0.6 is 0 Å². The summed E-state index contributed by atoms with van der Waals surface area (Å²) in [5, 5.41) is 7.45. The molecular formula is C22H18N6. The summed E-state index contributed by atoms with van der Waals surface area (Å²) < 4.78 is 0. The monoisotopic (exact) mass is 366 g/mol. The van der Waals surface area contributed by atoms with Crippen LogP contribution in [0.15, 0.2) is 89.9 Å². The molecule has 0 spiro atoms. The fourth-order valence-electron chi connectivity index (χ4n) is 3.27. The van der Waals surface area contributed by atoms with Crippen LogP contribution < -0.4 is 10.9 Å². The Morgan fingerprint density at radius 3 is 2.18 bits per heavy atom. The third-order valence-corrected chi connectivity index (χ3v) is 4.66. The lowest BCUT2D eigenvalue weighted by molar-refractivity contribution is 0.575. The van der Waals surface area contributed by atoms with Gasteiger partial charge >= 0.3 is 0 Å². The Balaban J connectivity index is 1.49. The Morgan fingerprint density at radius 2 is 1.39 bits per heavy atom. The standard InChI is InChI=1S/C22H18N6/c1-3-9-15(10-4-1)19-23-21(27-25-19)17-13-7-8-14-18(17)22-24-20(26-28-22)16-11-5-2-6-12-16/h1-14,21,27H,(H,23,25)(H,24,26,28). The van der Waals surface area contributed by atoms with E-state index in [9.17, 15) is 0 Å². The highest BCUT2D eigenvalue weighted by molar-refractivity contribution is 5.99. The van der Waals surface area contributed by atoms with E-state index in [0.717, 1.165) is 33.9 Å². The molecule has 0 amide bonds. The second-order valence-electron chi connectivity index (χ2n) is 6.48. The van der Waals surface area contributed by atoms with Crippen LogP contribution in [0.5, 0.6) is 0 Å². The fourth-order valence-corrected chi connectivity index (χ4v) is 3.27. The molecule has 1 atom stereocenters. The van der Waals surface area contributed by atoms with Crippen LogP contribution in [0, 0.1) is 0 Å². The van der Waals surface area contributed by atoms with Crippen LogP contribution in [0.3, 0.4) is 0 Å². The SMILES string of the molecule is c1ccc(C2=NC(c3ccccc3-c3nc(-c4ccccc4)n[nH]3)NN2)cc1. The maximum Gasteiger partial charge on any atom is 0.181 e. The van der Waals surface area contributed by atoms with Crippen molar-refractivity contribution in [3.05, 3.63) is 96.1 Å². The molecule has 1 unspecified atom stereocenters. The average Bonchev–Trinajstić information content (AvgIpc) is 3.45. The van der Waals surface area contributed by atoms with Gasteiger partial charge in [0.15, 0.2) is 11.6 Å². The number of hydrogen-bond acceptors (Lipinski definition) is 5. The number of nitrogens with one attached hydrogen (secondary N) is 3. The number of H-pyrrole nitrogens is 1. The number of amidine groups is 1. The van der Waals surface area contributed by atoms with E-state index < -0.39 is 0 Å². The summed E-state index contributed by atoms with van der Waals surface area (Å²) >= 11 is 0. The highest BCUT2D eigenvalue weighted by Crippen LogP contribution is 2.29. The zero-order valence-corrected chi connectivity index (χ0v) is 15.0. The smallest absolute Gasteiger partial charge is 0.181 e. The van der Waals surface area contributed by atoms with Crippen molar-refractivity contribution in [1.29, 1.82) is 0 Å². The van der Waals surface area contributed by atoms with Gasteiger partial charge in [-0.3, -0.25) is 5.10 Å². The molecule has 1 aromatic heterocycles. The van der Waals surface area contributed by atoms with Crippen molar-refractivity contribution in [2.24, 2.45) is 4.99 Å². The van der Waals surface area contributed by atoms with Crippen LogP contribution in [0.25, 0.3) is 22.8 Å². The van der Waals surface area contributed by atoms with Crippen molar-refractivity contribution in [1.82, 2.24) is 26.0 Å². The summed E-state index contributed by atoms with van der Waals surface area (Å²) in [6, 6.07) is 28.1. The molecule has 0 fully saturated rings. The van der Waals surface area contributed by atoms with Crippen LogP contribution in [0.1, 0.15) is 17.3 Å². The van der Waals surface area contributed by atoms with Crippen molar-refractivity contribution < 1.29 is 0 Å². The number of hydrogen-bond donors (Lipinski definition) is 3. The van der Waals surface area contributed by atoms with Crippen molar-refractivity contribution in [2.45, 2.75) is 6.17 Å². The molecule has 6 heteroatoms. The maximum atomic E-state index is 4.81. The summed E-state index contributed by atoms with van der Waals surface area (Å²) in [5.74, 6) is 2.22. The van der Waals surface area contributed by atoms with Gasteiger partial charge < -0.3 is 5.43 Å². The lowest BCUT2D eigenvalue weighted by Gasteiger charge is -2.11. The third kappa shape index (κ3) is 3.06. The third-order valence-electron chi connectivity index (χ3n) is 4.66. The van der Waals surface area contributed by atoms with Gasteiger partial charge in [0.1, 0.15) is 12.0 Å². The lowest BCUT2D eigenvalue weighted by atomic mass is 10.0. The normalized spacial score (nSPS) is 15.9. The van der Waals surface area contributed by atoms with Crippen molar-refractivity contribution >= 4 is 5.84 Å². The van der Waals surface area contributed by atoms with Gasteiger partial charge in [-0.2, -0.15) is 5.10 Å². The molecule has 0 saturated carbocycles. The molecule has 136 valence electrons. The second kappa shape index (κ2) is 7.09. The minimum atomic E-state index is -0.211. The second-order valence-corrected chi connectivity index (χ2v) is 6.48. The minimum Gasteiger partial charge on any atom is -0.303 e. The molecule has 1 aliphatic rings. The molecular weight excluding hydrogens is 348 g/mol. The Hall–Kier alpha value is -3.77. The maximum absolute atomic E-state index is 4.81. The number of aliphatic imine (C=N–C) groups is 1. The van der Waals surface area contributed by atoms with Crippen LogP contribution in [0.2, 0.25) is 0 Å². The predicted molar refractivity (Wildman–Crippen MR) is 109 cm³/mol. The van der Waals surface area contributed by atoms with E-state index >= 15 is 0 Å². The molecule has 28 heavy (non-hydrogen) atoms. The number of nitrogens with zero attached hydrogens (tertiary/aromatic N) is 3. The molecule has 2 heterocycles. The lowest BCUT2D eigenvalue weighted by Crippen LogP contribution is -2.32. The minimum absolute atomic E-state index is 0.211. The summed E-state index contributed by atoms with van der Waals surface area (Å²) in [6.07, 6.45) is -0.211. The number of aromatic amines is 1. The van der Waals surface area contributed by atoms with E-state index in [1.807, 2.05) is 78.9 Å². The van der Waals surface area contributed by atoms with Gasteiger partial charge in [0.05, 0.1) is 0 Å². The molecule has 5 rings (SSSR count). The Labute approximate surface area is 162 Å². The molecule has 0 saturated heterocycles. The van der Waals surface area contributed by atoms with Gasteiger partial charge in [0.2, 0.25) is 0 Å².